The molecule has 0 atom stereocenters. The average molecular weight is 618 g/mol. The SMILES string of the molecule is Cc1cccc(-c2c3ccccc3c(-c3ccc(N(c4ccccc4)c4ccc5sc6ccccc6c5c4)cc3)c3ccccc23)c1. The van der Waals surface area contributed by atoms with Gasteiger partial charge in [-0.2, -0.15) is 0 Å². The molecule has 222 valence electrons. The Bertz CT molecular complexity index is 2520. The van der Waals surface area contributed by atoms with Crippen molar-refractivity contribution in [2.75, 3.05) is 4.90 Å². The van der Waals surface area contributed by atoms with Crippen molar-refractivity contribution in [1.29, 1.82) is 0 Å². The number of benzene rings is 8. The minimum atomic E-state index is 1.13. The highest BCUT2D eigenvalue weighted by Gasteiger charge is 2.18. The van der Waals surface area contributed by atoms with E-state index in [-0.39, 0.29) is 0 Å². The first-order valence-electron chi connectivity index (χ1n) is 16.1. The van der Waals surface area contributed by atoms with Crippen LogP contribution in [0.4, 0.5) is 17.1 Å². The lowest BCUT2D eigenvalue weighted by Crippen LogP contribution is -2.09. The molecule has 9 rings (SSSR count). The summed E-state index contributed by atoms with van der Waals surface area (Å²) in [6.07, 6.45) is 0. The first kappa shape index (κ1) is 27.6. The summed E-state index contributed by atoms with van der Waals surface area (Å²) < 4.78 is 2.63. The molecule has 0 saturated carbocycles. The van der Waals surface area contributed by atoms with Crippen LogP contribution in [-0.2, 0) is 0 Å². The average Bonchev–Trinajstić information content (AvgIpc) is 3.50. The van der Waals surface area contributed by atoms with E-state index in [2.05, 4.69) is 182 Å². The second-order valence-corrected chi connectivity index (χ2v) is 13.3. The van der Waals surface area contributed by atoms with Crippen molar-refractivity contribution in [2.24, 2.45) is 0 Å². The van der Waals surface area contributed by atoms with Gasteiger partial charge in [0.1, 0.15) is 0 Å². The van der Waals surface area contributed by atoms with E-state index in [1.807, 2.05) is 11.3 Å². The van der Waals surface area contributed by atoms with Crippen molar-refractivity contribution in [3.8, 4) is 22.3 Å². The summed E-state index contributed by atoms with van der Waals surface area (Å²) in [6.45, 7) is 2.17. The van der Waals surface area contributed by atoms with E-state index in [1.54, 1.807) is 0 Å². The van der Waals surface area contributed by atoms with Crippen LogP contribution in [0.2, 0.25) is 0 Å². The Morgan fingerprint density at radius 1 is 0.362 bits per heavy atom. The third kappa shape index (κ3) is 4.69. The highest BCUT2D eigenvalue weighted by Crippen LogP contribution is 2.45. The third-order valence-corrected chi connectivity index (χ3v) is 10.4. The molecule has 0 aliphatic carbocycles. The first-order valence-corrected chi connectivity index (χ1v) is 16.9. The van der Waals surface area contributed by atoms with Crippen LogP contribution in [0, 0.1) is 6.92 Å². The van der Waals surface area contributed by atoms with Crippen LogP contribution in [0.15, 0.2) is 170 Å². The van der Waals surface area contributed by atoms with Crippen LogP contribution in [0.25, 0.3) is 64.0 Å². The lowest BCUT2D eigenvalue weighted by Gasteiger charge is -2.26. The Hall–Kier alpha value is -5.70. The molecule has 0 radical (unpaired) electrons. The lowest BCUT2D eigenvalue weighted by atomic mass is 9.85. The number of fused-ring (bicyclic) bond motifs is 5. The van der Waals surface area contributed by atoms with Crippen molar-refractivity contribution in [3.63, 3.8) is 0 Å². The van der Waals surface area contributed by atoms with Gasteiger partial charge in [-0.15, -0.1) is 11.3 Å². The van der Waals surface area contributed by atoms with E-state index in [0.29, 0.717) is 0 Å². The molecule has 0 N–H and O–H groups in total. The highest BCUT2D eigenvalue weighted by atomic mass is 32.1. The molecule has 0 saturated heterocycles. The maximum Gasteiger partial charge on any atom is 0.0468 e. The number of hydrogen-bond acceptors (Lipinski definition) is 2. The molecule has 0 aliphatic rings. The summed E-state index contributed by atoms with van der Waals surface area (Å²) in [5, 5.41) is 7.70. The van der Waals surface area contributed by atoms with Crippen molar-refractivity contribution < 1.29 is 0 Å². The molecule has 0 fully saturated rings. The Morgan fingerprint density at radius 2 is 0.894 bits per heavy atom. The summed E-state index contributed by atoms with van der Waals surface area (Å²) in [4.78, 5) is 2.37. The van der Waals surface area contributed by atoms with Gasteiger partial charge in [0.2, 0.25) is 0 Å². The van der Waals surface area contributed by atoms with E-state index in [9.17, 15) is 0 Å². The van der Waals surface area contributed by atoms with Gasteiger partial charge in [0.05, 0.1) is 0 Å². The normalized spacial score (nSPS) is 11.5. The fourth-order valence-electron chi connectivity index (χ4n) is 7.21. The molecule has 8 aromatic carbocycles. The Labute approximate surface area is 278 Å². The highest BCUT2D eigenvalue weighted by molar-refractivity contribution is 7.25. The maximum absolute atomic E-state index is 2.37. The monoisotopic (exact) mass is 617 g/mol. The second-order valence-electron chi connectivity index (χ2n) is 12.2. The number of anilines is 3. The zero-order chi connectivity index (χ0) is 31.3. The van der Waals surface area contributed by atoms with Crippen LogP contribution in [-0.4, -0.2) is 0 Å². The molecule has 9 aromatic rings. The molecule has 0 bridgehead atoms. The van der Waals surface area contributed by atoms with Gasteiger partial charge in [-0.1, -0.05) is 127 Å². The fourth-order valence-corrected chi connectivity index (χ4v) is 8.29. The number of thiophene rings is 1. The predicted octanol–water partition coefficient (Wildman–Crippen LogP) is 13.5. The Balaban J connectivity index is 1.22. The van der Waals surface area contributed by atoms with E-state index in [4.69, 9.17) is 0 Å². The van der Waals surface area contributed by atoms with Crippen molar-refractivity contribution in [2.45, 2.75) is 6.92 Å². The first-order chi connectivity index (χ1) is 23.2. The largest absolute Gasteiger partial charge is 0.310 e. The van der Waals surface area contributed by atoms with Crippen LogP contribution >= 0.6 is 11.3 Å². The number of nitrogens with zero attached hydrogens (tertiary/aromatic N) is 1. The number of para-hydroxylation sites is 1. The maximum atomic E-state index is 2.37. The van der Waals surface area contributed by atoms with Gasteiger partial charge in [-0.05, 0) is 99.3 Å². The zero-order valence-corrected chi connectivity index (χ0v) is 26.8. The van der Waals surface area contributed by atoms with E-state index < -0.39 is 0 Å². The van der Waals surface area contributed by atoms with Gasteiger partial charge in [0.25, 0.3) is 0 Å². The smallest absolute Gasteiger partial charge is 0.0468 e. The van der Waals surface area contributed by atoms with Crippen molar-refractivity contribution in [3.05, 3.63) is 175 Å². The zero-order valence-electron chi connectivity index (χ0n) is 26.0. The lowest BCUT2D eigenvalue weighted by molar-refractivity contribution is 1.29. The summed E-state index contributed by atoms with van der Waals surface area (Å²) in [5.41, 5.74) is 9.73. The third-order valence-electron chi connectivity index (χ3n) is 9.29. The summed E-state index contributed by atoms with van der Waals surface area (Å²) >= 11 is 1.86. The van der Waals surface area contributed by atoms with Crippen LogP contribution in [0.3, 0.4) is 0 Å². The number of rotatable bonds is 5. The van der Waals surface area contributed by atoms with Crippen molar-refractivity contribution >= 4 is 70.1 Å². The van der Waals surface area contributed by atoms with Gasteiger partial charge >= 0.3 is 0 Å². The minimum absolute atomic E-state index is 1.13. The molecular weight excluding hydrogens is 587 g/mol. The van der Waals surface area contributed by atoms with E-state index >= 15 is 0 Å². The summed E-state index contributed by atoms with van der Waals surface area (Å²) in [6, 6.07) is 62.0. The fraction of sp³-hybridized carbons (Fsp3) is 0.0222. The number of hydrogen-bond donors (Lipinski definition) is 0. The van der Waals surface area contributed by atoms with Gasteiger partial charge in [0.15, 0.2) is 0 Å². The molecule has 1 aromatic heterocycles. The summed E-state index contributed by atoms with van der Waals surface area (Å²) in [5.74, 6) is 0. The minimum Gasteiger partial charge on any atom is -0.310 e. The van der Waals surface area contributed by atoms with Crippen LogP contribution in [0.1, 0.15) is 5.56 Å². The van der Waals surface area contributed by atoms with E-state index in [0.717, 1.165) is 17.1 Å². The molecule has 2 heteroatoms. The van der Waals surface area contributed by atoms with Gasteiger partial charge in [-0.25, -0.2) is 0 Å². The topological polar surface area (TPSA) is 3.24 Å². The van der Waals surface area contributed by atoms with Gasteiger partial charge in [0, 0.05) is 37.2 Å². The summed E-state index contributed by atoms with van der Waals surface area (Å²) in [7, 11) is 0. The molecule has 47 heavy (non-hydrogen) atoms. The van der Waals surface area contributed by atoms with Crippen LogP contribution in [0.5, 0.6) is 0 Å². The second kappa shape index (κ2) is 11.3. The predicted molar refractivity (Wildman–Crippen MR) is 205 cm³/mol. The molecule has 1 nitrogen and oxygen atoms in total. The standard InChI is InChI=1S/C45H31NS/c1-30-12-11-13-32(28-30)45-39-19-7-5-17-37(39)44(38-18-6-8-20-40(38)45)31-22-24-34(25-23-31)46(33-14-3-2-4-15-33)35-26-27-43-41(29-35)36-16-9-10-21-42(36)47-43/h2-29H,1H3. The molecule has 0 spiro atoms. The number of aryl methyl sites for hydroxylation is 1. The van der Waals surface area contributed by atoms with Gasteiger partial charge < -0.3 is 4.90 Å². The molecule has 0 unspecified atom stereocenters. The van der Waals surface area contributed by atoms with Gasteiger partial charge in [-0.3, -0.25) is 0 Å². The molecule has 0 aliphatic heterocycles. The van der Waals surface area contributed by atoms with E-state index in [1.165, 1.54) is 69.5 Å². The molecule has 0 amide bonds. The van der Waals surface area contributed by atoms with Crippen molar-refractivity contribution in [1.82, 2.24) is 0 Å². The molecule has 1 heterocycles. The Morgan fingerprint density at radius 3 is 1.55 bits per heavy atom. The quantitative estimate of drug-likeness (QED) is 0.174. The van der Waals surface area contributed by atoms with Crippen LogP contribution < -0.4 is 4.90 Å². The molecular formula is C45H31NS. The Kier molecular flexibility index (Phi) is 6.62.